The molecule has 1 aromatic heterocycles. The molecule has 4 aliphatic carbocycles. The first kappa shape index (κ1) is 18.6. The van der Waals surface area contributed by atoms with Crippen molar-refractivity contribution in [2.75, 3.05) is 0 Å². The lowest BCUT2D eigenvalue weighted by atomic mass is 9.53. The van der Waals surface area contributed by atoms with Crippen LogP contribution in [0.2, 0.25) is 19.6 Å². The van der Waals surface area contributed by atoms with E-state index in [4.69, 9.17) is 10.3 Å². The van der Waals surface area contributed by atoms with Gasteiger partial charge in [0.25, 0.3) is 0 Å². The van der Waals surface area contributed by atoms with Crippen molar-refractivity contribution in [3.05, 3.63) is 28.8 Å². The molecule has 4 saturated carbocycles. The molecule has 0 unspecified atom stereocenters. The van der Waals surface area contributed by atoms with E-state index >= 15 is 0 Å². The fraction of sp³-hybridized carbons (Fsp3) is 0.667. The zero-order valence-corrected chi connectivity index (χ0v) is 19.5. The van der Waals surface area contributed by atoms with Gasteiger partial charge in [0.15, 0.2) is 0 Å². The SMILES string of the molecule is Cc1cc(C)c(-c2c([Si](C)(C)C)nnn2C23CC4CC(CC(C4)C2)C3)c(C)c1. The van der Waals surface area contributed by atoms with E-state index in [0.29, 0.717) is 0 Å². The Morgan fingerprint density at radius 3 is 1.86 bits per heavy atom. The lowest BCUT2D eigenvalue weighted by Crippen LogP contribution is -2.53. The van der Waals surface area contributed by atoms with Gasteiger partial charge in [0.05, 0.1) is 16.6 Å². The third-order valence-electron chi connectivity index (χ3n) is 7.75. The lowest BCUT2D eigenvalue weighted by Gasteiger charge is -2.56. The Morgan fingerprint density at radius 2 is 1.39 bits per heavy atom. The van der Waals surface area contributed by atoms with Gasteiger partial charge < -0.3 is 0 Å². The van der Waals surface area contributed by atoms with Crippen LogP contribution in [0.3, 0.4) is 0 Å². The first-order chi connectivity index (χ1) is 13.2. The van der Waals surface area contributed by atoms with Gasteiger partial charge in [0, 0.05) is 5.56 Å². The van der Waals surface area contributed by atoms with E-state index in [-0.39, 0.29) is 5.54 Å². The topological polar surface area (TPSA) is 30.7 Å². The summed E-state index contributed by atoms with van der Waals surface area (Å²) in [4.78, 5) is 0. The molecule has 2 aromatic rings. The standard InChI is InChI=1S/C24H35N3Si/c1-15-7-16(2)21(17(3)8-15)22-23(28(4,5)6)25-26-27(22)24-12-18-9-19(13-24)11-20(10-18)14-24/h7-8,18-20H,9-14H2,1-6H3. The average molecular weight is 394 g/mol. The second kappa shape index (κ2) is 6.04. The highest BCUT2D eigenvalue weighted by Gasteiger charge is 2.53. The highest BCUT2D eigenvalue weighted by Crippen LogP contribution is 2.59. The molecule has 4 bridgehead atoms. The van der Waals surface area contributed by atoms with Crippen LogP contribution in [0.1, 0.15) is 55.2 Å². The van der Waals surface area contributed by atoms with Crippen molar-refractivity contribution in [1.82, 2.24) is 15.0 Å². The number of hydrogen-bond donors (Lipinski definition) is 0. The molecule has 0 saturated heterocycles. The zero-order chi connectivity index (χ0) is 19.8. The first-order valence-corrected chi connectivity index (χ1v) is 14.7. The quantitative estimate of drug-likeness (QED) is 0.659. The molecule has 6 rings (SSSR count). The predicted octanol–water partition coefficient (Wildman–Crippen LogP) is 5.34. The van der Waals surface area contributed by atoms with Gasteiger partial charge in [-0.1, -0.05) is 42.6 Å². The van der Waals surface area contributed by atoms with Crippen LogP contribution >= 0.6 is 0 Å². The van der Waals surface area contributed by atoms with Crippen LogP contribution in [-0.4, -0.2) is 23.1 Å². The Balaban J connectivity index is 1.74. The van der Waals surface area contributed by atoms with Gasteiger partial charge in [0.1, 0.15) is 8.07 Å². The number of benzene rings is 1. The van der Waals surface area contributed by atoms with Crippen LogP contribution in [0.15, 0.2) is 12.1 Å². The molecule has 0 amide bonds. The van der Waals surface area contributed by atoms with Crippen molar-refractivity contribution in [2.45, 2.75) is 84.5 Å². The Bertz CT molecular complexity index is 876. The summed E-state index contributed by atoms with van der Waals surface area (Å²) in [6.07, 6.45) is 8.37. The van der Waals surface area contributed by atoms with E-state index in [1.165, 1.54) is 71.8 Å². The summed E-state index contributed by atoms with van der Waals surface area (Å²) >= 11 is 0. The van der Waals surface area contributed by atoms with Gasteiger partial charge in [-0.25, -0.2) is 4.68 Å². The van der Waals surface area contributed by atoms with Gasteiger partial charge in [0.2, 0.25) is 0 Å². The molecule has 0 radical (unpaired) electrons. The molecule has 28 heavy (non-hydrogen) atoms. The summed E-state index contributed by atoms with van der Waals surface area (Å²) in [5.41, 5.74) is 7.11. The molecular weight excluding hydrogens is 358 g/mol. The summed E-state index contributed by atoms with van der Waals surface area (Å²) in [6, 6.07) is 4.68. The van der Waals surface area contributed by atoms with E-state index in [9.17, 15) is 0 Å². The number of aryl methyl sites for hydroxylation is 3. The fourth-order valence-corrected chi connectivity index (χ4v) is 8.51. The van der Waals surface area contributed by atoms with Crippen LogP contribution in [0, 0.1) is 38.5 Å². The van der Waals surface area contributed by atoms with Crippen molar-refractivity contribution >= 4 is 13.4 Å². The highest BCUT2D eigenvalue weighted by molar-refractivity contribution is 6.89. The van der Waals surface area contributed by atoms with Crippen LogP contribution in [0.4, 0.5) is 0 Å². The summed E-state index contributed by atoms with van der Waals surface area (Å²) in [5.74, 6) is 2.75. The maximum absolute atomic E-state index is 4.96. The first-order valence-electron chi connectivity index (χ1n) is 11.2. The van der Waals surface area contributed by atoms with E-state index in [0.717, 1.165) is 17.8 Å². The molecule has 150 valence electrons. The molecular formula is C24H35N3Si. The summed E-state index contributed by atoms with van der Waals surface area (Å²) in [6.45, 7) is 14.0. The predicted molar refractivity (Wildman–Crippen MR) is 119 cm³/mol. The molecule has 1 aromatic carbocycles. The molecule has 4 heteroatoms. The largest absolute Gasteiger partial charge is 0.239 e. The highest BCUT2D eigenvalue weighted by atomic mass is 28.3. The average Bonchev–Trinajstić information content (AvgIpc) is 2.98. The van der Waals surface area contributed by atoms with Gasteiger partial charge in [-0.3, -0.25) is 0 Å². The van der Waals surface area contributed by atoms with Gasteiger partial charge in [-0.15, -0.1) is 5.10 Å². The summed E-state index contributed by atoms with van der Waals surface area (Å²) in [5, 5.41) is 11.2. The lowest BCUT2D eigenvalue weighted by molar-refractivity contribution is -0.0492. The number of hydrogen-bond acceptors (Lipinski definition) is 2. The second-order valence-corrected chi connectivity index (χ2v) is 16.3. The fourth-order valence-electron chi connectivity index (χ4n) is 7.22. The van der Waals surface area contributed by atoms with Crippen molar-refractivity contribution in [1.29, 1.82) is 0 Å². The van der Waals surface area contributed by atoms with Crippen molar-refractivity contribution in [3.8, 4) is 11.3 Å². The molecule has 0 aliphatic heterocycles. The Kier molecular flexibility index (Phi) is 4.01. The minimum absolute atomic E-state index is 0.221. The normalized spacial score (nSPS) is 31.6. The van der Waals surface area contributed by atoms with Gasteiger partial charge >= 0.3 is 0 Å². The summed E-state index contributed by atoms with van der Waals surface area (Å²) < 4.78 is 2.47. The minimum Gasteiger partial charge on any atom is -0.239 e. The van der Waals surface area contributed by atoms with Crippen molar-refractivity contribution in [2.24, 2.45) is 17.8 Å². The smallest absolute Gasteiger partial charge is 0.107 e. The third-order valence-corrected chi connectivity index (χ3v) is 9.51. The van der Waals surface area contributed by atoms with E-state index in [2.05, 4.69) is 57.2 Å². The Hall–Kier alpha value is -1.42. The molecule has 4 fully saturated rings. The molecule has 3 nitrogen and oxygen atoms in total. The third kappa shape index (κ3) is 2.74. The second-order valence-electron chi connectivity index (χ2n) is 11.4. The van der Waals surface area contributed by atoms with E-state index < -0.39 is 8.07 Å². The van der Waals surface area contributed by atoms with Crippen LogP contribution in [0.25, 0.3) is 11.3 Å². The van der Waals surface area contributed by atoms with Crippen molar-refractivity contribution < 1.29 is 0 Å². The van der Waals surface area contributed by atoms with Crippen LogP contribution < -0.4 is 5.32 Å². The van der Waals surface area contributed by atoms with Crippen molar-refractivity contribution in [3.63, 3.8) is 0 Å². The van der Waals surface area contributed by atoms with Crippen LogP contribution in [0.5, 0.6) is 0 Å². The maximum Gasteiger partial charge on any atom is 0.107 e. The summed E-state index contributed by atoms with van der Waals surface area (Å²) in [7, 11) is -1.61. The van der Waals surface area contributed by atoms with E-state index in [1.54, 1.807) is 0 Å². The molecule has 0 N–H and O–H groups in total. The maximum atomic E-state index is 4.96. The number of aromatic nitrogens is 3. The number of rotatable bonds is 3. The van der Waals surface area contributed by atoms with E-state index in [1.807, 2.05) is 0 Å². The van der Waals surface area contributed by atoms with Gasteiger partial charge in [-0.2, -0.15) is 0 Å². The van der Waals surface area contributed by atoms with Crippen LogP contribution in [-0.2, 0) is 5.54 Å². The molecule has 0 spiro atoms. The molecule has 1 heterocycles. The van der Waals surface area contributed by atoms with Gasteiger partial charge in [-0.05, 0) is 88.2 Å². The molecule has 4 aliphatic rings. The Morgan fingerprint density at radius 1 is 0.893 bits per heavy atom. The molecule has 0 atom stereocenters. The minimum atomic E-state index is -1.61. The Labute approximate surface area is 170 Å². The monoisotopic (exact) mass is 393 g/mol. The number of nitrogens with zero attached hydrogens (tertiary/aromatic N) is 3. The zero-order valence-electron chi connectivity index (χ0n) is 18.5.